The topological polar surface area (TPSA) is 29.1 Å². The lowest BCUT2D eigenvalue weighted by Gasteiger charge is -2.30. The number of amides is 1. The lowest BCUT2D eigenvalue weighted by atomic mass is 9.85. The molecule has 112 valence electrons. The molecular formula is C16H24ClNOS. The summed E-state index contributed by atoms with van der Waals surface area (Å²) in [7, 11) is 0. The minimum absolute atomic E-state index is 0.0292. The Morgan fingerprint density at radius 3 is 2.70 bits per heavy atom. The van der Waals surface area contributed by atoms with E-state index in [4.69, 9.17) is 11.6 Å². The SMILES string of the molecule is CC(C)(C)C(CCCl)NC(=O)c1cc2c(s1)CCCC2. The minimum atomic E-state index is 0.0292. The van der Waals surface area contributed by atoms with E-state index in [2.05, 4.69) is 32.2 Å². The van der Waals surface area contributed by atoms with Gasteiger partial charge in [-0.25, -0.2) is 0 Å². The Labute approximate surface area is 130 Å². The van der Waals surface area contributed by atoms with E-state index in [-0.39, 0.29) is 17.4 Å². The Hall–Kier alpha value is -0.540. The molecule has 20 heavy (non-hydrogen) atoms. The monoisotopic (exact) mass is 313 g/mol. The summed E-state index contributed by atoms with van der Waals surface area (Å²) in [6.45, 7) is 6.43. The number of rotatable bonds is 4. The van der Waals surface area contributed by atoms with Gasteiger partial charge in [-0.15, -0.1) is 22.9 Å². The molecule has 0 saturated heterocycles. The molecule has 0 aliphatic heterocycles. The Morgan fingerprint density at radius 1 is 1.40 bits per heavy atom. The van der Waals surface area contributed by atoms with Crippen LogP contribution in [-0.4, -0.2) is 17.8 Å². The molecule has 0 fully saturated rings. The van der Waals surface area contributed by atoms with Gasteiger partial charge in [-0.3, -0.25) is 4.79 Å². The maximum atomic E-state index is 12.5. The Bertz CT molecular complexity index is 452. The van der Waals surface area contributed by atoms with Crippen LogP contribution in [0.4, 0.5) is 0 Å². The van der Waals surface area contributed by atoms with Crippen LogP contribution in [0.2, 0.25) is 0 Å². The second-order valence-electron chi connectivity index (χ2n) is 6.64. The Balaban J connectivity index is 2.08. The van der Waals surface area contributed by atoms with Crippen LogP contribution < -0.4 is 5.32 Å². The van der Waals surface area contributed by atoms with Crippen molar-refractivity contribution < 1.29 is 4.79 Å². The summed E-state index contributed by atoms with van der Waals surface area (Å²) in [5.74, 6) is 0.637. The van der Waals surface area contributed by atoms with E-state index in [0.29, 0.717) is 5.88 Å². The van der Waals surface area contributed by atoms with Crippen LogP contribution in [0.1, 0.15) is 60.1 Å². The first-order valence-corrected chi connectivity index (χ1v) is 8.75. The fourth-order valence-corrected chi connectivity index (χ4v) is 4.04. The summed E-state index contributed by atoms with van der Waals surface area (Å²) in [5, 5.41) is 3.17. The number of halogens is 1. The third-order valence-corrected chi connectivity index (χ3v) is 5.42. The summed E-state index contributed by atoms with van der Waals surface area (Å²) >= 11 is 7.53. The Kier molecular flexibility index (Phi) is 5.14. The van der Waals surface area contributed by atoms with Gasteiger partial charge < -0.3 is 5.32 Å². The third kappa shape index (κ3) is 3.76. The van der Waals surface area contributed by atoms with Crippen LogP contribution in [-0.2, 0) is 12.8 Å². The molecule has 0 spiro atoms. The van der Waals surface area contributed by atoms with Crippen LogP contribution in [0.3, 0.4) is 0 Å². The second-order valence-corrected chi connectivity index (χ2v) is 8.15. The van der Waals surface area contributed by atoms with E-state index in [0.717, 1.165) is 24.1 Å². The minimum Gasteiger partial charge on any atom is -0.348 e. The van der Waals surface area contributed by atoms with Crippen molar-refractivity contribution in [2.45, 2.75) is 58.9 Å². The molecule has 4 heteroatoms. The van der Waals surface area contributed by atoms with Gasteiger partial charge in [-0.2, -0.15) is 0 Å². The first-order chi connectivity index (χ1) is 9.41. The number of alkyl halides is 1. The predicted octanol–water partition coefficient (Wildman–Crippen LogP) is 4.40. The van der Waals surface area contributed by atoms with Crippen LogP contribution in [0, 0.1) is 5.41 Å². The molecule has 1 aliphatic rings. The molecule has 1 amide bonds. The van der Waals surface area contributed by atoms with Crippen molar-refractivity contribution in [3.05, 3.63) is 21.4 Å². The average molecular weight is 314 g/mol. The highest BCUT2D eigenvalue weighted by Crippen LogP contribution is 2.30. The summed E-state index contributed by atoms with van der Waals surface area (Å²) in [5.41, 5.74) is 1.41. The predicted molar refractivity (Wildman–Crippen MR) is 87.0 cm³/mol. The summed E-state index contributed by atoms with van der Waals surface area (Å²) in [6.07, 6.45) is 5.58. The van der Waals surface area contributed by atoms with E-state index in [9.17, 15) is 4.79 Å². The molecule has 1 aliphatic carbocycles. The van der Waals surface area contributed by atoms with E-state index in [1.807, 2.05) is 0 Å². The molecule has 0 bridgehead atoms. The zero-order valence-corrected chi connectivity index (χ0v) is 14.2. The molecule has 1 atom stereocenters. The van der Waals surface area contributed by atoms with Crippen molar-refractivity contribution >= 4 is 28.8 Å². The normalized spacial score (nSPS) is 16.6. The number of aryl methyl sites for hydroxylation is 2. The van der Waals surface area contributed by atoms with Gasteiger partial charge in [0.15, 0.2) is 0 Å². The van der Waals surface area contributed by atoms with Crippen molar-refractivity contribution in [3.63, 3.8) is 0 Å². The van der Waals surface area contributed by atoms with E-state index in [1.165, 1.54) is 23.3 Å². The van der Waals surface area contributed by atoms with Gasteiger partial charge in [-0.1, -0.05) is 20.8 Å². The van der Waals surface area contributed by atoms with Gasteiger partial charge in [0.1, 0.15) is 0 Å². The fraction of sp³-hybridized carbons (Fsp3) is 0.688. The van der Waals surface area contributed by atoms with Gasteiger partial charge in [0.2, 0.25) is 0 Å². The molecular weight excluding hydrogens is 290 g/mol. The van der Waals surface area contributed by atoms with Crippen LogP contribution in [0.5, 0.6) is 0 Å². The van der Waals surface area contributed by atoms with Crippen LogP contribution >= 0.6 is 22.9 Å². The van der Waals surface area contributed by atoms with E-state index < -0.39 is 0 Å². The first kappa shape index (κ1) is 15.8. The molecule has 1 aromatic rings. The molecule has 1 aromatic heterocycles. The van der Waals surface area contributed by atoms with Crippen molar-refractivity contribution in [2.24, 2.45) is 5.41 Å². The van der Waals surface area contributed by atoms with E-state index >= 15 is 0 Å². The molecule has 1 unspecified atom stereocenters. The van der Waals surface area contributed by atoms with E-state index in [1.54, 1.807) is 11.3 Å². The molecule has 0 radical (unpaired) electrons. The largest absolute Gasteiger partial charge is 0.348 e. The number of carbonyl (C=O) groups is 1. The molecule has 1 N–H and O–H groups in total. The number of carbonyl (C=O) groups excluding carboxylic acids is 1. The molecule has 2 rings (SSSR count). The first-order valence-electron chi connectivity index (χ1n) is 7.40. The van der Waals surface area contributed by atoms with Crippen LogP contribution in [0.15, 0.2) is 6.07 Å². The van der Waals surface area contributed by atoms with Crippen molar-refractivity contribution in [2.75, 3.05) is 5.88 Å². The lowest BCUT2D eigenvalue weighted by Crippen LogP contribution is -2.43. The van der Waals surface area contributed by atoms with Crippen molar-refractivity contribution in [3.8, 4) is 0 Å². The highest BCUT2D eigenvalue weighted by atomic mass is 35.5. The van der Waals surface area contributed by atoms with Gasteiger partial charge in [0.25, 0.3) is 5.91 Å². The molecule has 1 heterocycles. The number of nitrogens with one attached hydrogen (secondary N) is 1. The maximum Gasteiger partial charge on any atom is 0.261 e. The number of thiophene rings is 1. The second kappa shape index (κ2) is 6.48. The zero-order chi connectivity index (χ0) is 14.8. The van der Waals surface area contributed by atoms with Crippen molar-refractivity contribution in [1.82, 2.24) is 5.32 Å². The summed E-state index contributed by atoms with van der Waals surface area (Å²) in [6, 6.07) is 2.21. The summed E-state index contributed by atoms with van der Waals surface area (Å²) in [4.78, 5) is 14.7. The van der Waals surface area contributed by atoms with Gasteiger partial charge in [-0.05, 0) is 49.1 Å². The number of fused-ring (bicyclic) bond motifs is 1. The fourth-order valence-electron chi connectivity index (χ4n) is 2.66. The smallest absolute Gasteiger partial charge is 0.261 e. The van der Waals surface area contributed by atoms with Crippen molar-refractivity contribution in [1.29, 1.82) is 0 Å². The van der Waals surface area contributed by atoms with Gasteiger partial charge in [0, 0.05) is 16.8 Å². The highest BCUT2D eigenvalue weighted by Gasteiger charge is 2.27. The third-order valence-electron chi connectivity index (χ3n) is 3.97. The van der Waals surface area contributed by atoms with Crippen LogP contribution in [0.25, 0.3) is 0 Å². The summed E-state index contributed by atoms with van der Waals surface area (Å²) < 4.78 is 0. The number of hydrogen-bond donors (Lipinski definition) is 1. The zero-order valence-electron chi connectivity index (χ0n) is 12.6. The molecule has 0 aromatic carbocycles. The maximum absolute atomic E-state index is 12.5. The standard InChI is InChI=1S/C16H24ClNOS/c1-16(2,3)14(8-9-17)18-15(19)13-10-11-6-4-5-7-12(11)20-13/h10,14H,4-9H2,1-3H3,(H,18,19). The highest BCUT2D eigenvalue weighted by molar-refractivity contribution is 7.14. The van der Waals surface area contributed by atoms with Gasteiger partial charge in [0.05, 0.1) is 4.88 Å². The Morgan fingerprint density at radius 2 is 2.10 bits per heavy atom. The quantitative estimate of drug-likeness (QED) is 0.820. The average Bonchev–Trinajstić information content (AvgIpc) is 2.80. The number of hydrogen-bond acceptors (Lipinski definition) is 2. The van der Waals surface area contributed by atoms with Gasteiger partial charge >= 0.3 is 0 Å². The molecule has 0 saturated carbocycles. The molecule has 2 nitrogen and oxygen atoms in total. The lowest BCUT2D eigenvalue weighted by molar-refractivity contribution is 0.0904.